The van der Waals surface area contributed by atoms with Gasteiger partial charge in [-0.3, -0.25) is 4.79 Å². The Hall–Kier alpha value is -3.31. The molecule has 3 aromatic rings. The van der Waals surface area contributed by atoms with E-state index in [1.807, 2.05) is 0 Å². The molecule has 14 heteroatoms. The molecule has 0 spiro atoms. The largest absolute Gasteiger partial charge is 0.508 e. The Kier molecular flexibility index (Phi) is 8.20. The lowest BCUT2D eigenvalue weighted by molar-refractivity contribution is -0.349. The minimum absolute atomic E-state index is 0.0145. The molecule has 0 bridgehead atoms. The van der Waals surface area contributed by atoms with Gasteiger partial charge in [-0.1, -0.05) is 0 Å². The molecule has 2 aliphatic rings. The molecule has 10 unspecified atom stereocenters. The maximum Gasteiger partial charge on any atom is 0.229 e. The van der Waals surface area contributed by atoms with Crippen molar-refractivity contribution in [1.82, 2.24) is 0 Å². The second-order valence-corrected chi connectivity index (χ2v) is 9.95. The average molecular weight is 579 g/mol. The predicted molar refractivity (Wildman–Crippen MR) is 137 cm³/mol. The van der Waals surface area contributed by atoms with Crippen LogP contribution in [-0.4, -0.2) is 109 Å². The molecule has 0 amide bonds. The van der Waals surface area contributed by atoms with Crippen LogP contribution in [0.1, 0.15) is 6.92 Å². The first-order chi connectivity index (χ1) is 19.5. The molecule has 14 nitrogen and oxygen atoms in total. The molecule has 41 heavy (non-hydrogen) atoms. The zero-order valence-electron chi connectivity index (χ0n) is 21.5. The summed E-state index contributed by atoms with van der Waals surface area (Å²) in [5, 5.41) is 81.5. The number of phenolic OH excluding ortho intramolecular Hbond substituents is 2. The van der Waals surface area contributed by atoms with E-state index in [4.69, 9.17) is 23.4 Å². The van der Waals surface area contributed by atoms with E-state index in [2.05, 4.69) is 0 Å². The highest BCUT2D eigenvalue weighted by Gasteiger charge is 2.50. The van der Waals surface area contributed by atoms with Gasteiger partial charge in [0.2, 0.25) is 6.29 Å². The molecule has 5 rings (SSSR count). The van der Waals surface area contributed by atoms with Crippen molar-refractivity contribution in [2.24, 2.45) is 0 Å². The zero-order chi connectivity index (χ0) is 29.6. The second kappa shape index (κ2) is 11.5. The van der Waals surface area contributed by atoms with Gasteiger partial charge in [0.15, 0.2) is 11.7 Å². The Morgan fingerprint density at radius 3 is 2.17 bits per heavy atom. The van der Waals surface area contributed by atoms with E-state index < -0.39 is 73.4 Å². The average Bonchev–Trinajstić information content (AvgIpc) is 2.94. The minimum atomic E-state index is -1.84. The SMILES string of the molecule is CC1OC(OC2C(CO)OC(Oc3cc(O)cc4oc(-c5ccc(O)cc5)cc(=O)c34)C(O)C2O)C(O)C(O)C1O. The minimum Gasteiger partial charge on any atom is -0.508 e. The molecule has 10 atom stereocenters. The monoisotopic (exact) mass is 578 g/mol. The van der Waals surface area contributed by atoms with Gasteiger partial charge in [0.25, 0.3) is 0 Å². The number of aliphatic hydroxyl groups excluding tert-OH is 6. The molecule has 2 aliphatic heterocycles. The Balaban J connectivity index is 1.40. The van der Waals surface area contributed by atoms with E-state index >= 15 is 0 Å². The molecule has 2 aromatic carbocycles. The molecule has 3 heterocycles. The van der Waals surface area contributed by atoms with E-state index in [0.717, 1.165) is 6.07 Å². The van der Waals surface area contributed by atoms with Crippen molar-refractivity contribution in [3.8, 4) is 28.6 Å². The van der Waals surface area contributed by atoms with Crippen LogP contribution in [0.25, 0.3) is 22.3 Å². The summed E-state index contributed by atoms with van der Waals surface area (Å²) >= 11 is 0. The summed E-state index contributed by atoms with van der Waals surface area (Å²) in [5.41, 5.74) is -0.171. The molecule has 1 aromatic heterocycles. The molecule has 0 saturated carbocycles. The Labute approximate surface area is 231 Å². The normalized spacial score (nSPS) is 34.0. The van der Waals surface area contributed by atoms with E-state index in [1.165, 1.54) is 43.3 Å². The molecule has 0 radical (unpaired) electrons. The van der Waals surface area contributed by atoms with Crippen molar-refractivity contribution in [3.05, 3.63) is 52.7 Å². The van der Waals surface area contributed by atoms with Crippen LogP contribution in [0, 0.1) is 0 Å². The number of rotatable bonds is 6. The first-order valence-electron chi connectivity index (χ1n) is 12.7. The number of phenols is 2. The topological polar surface area (TPSA) is 229 Å². The van der Waals surface area contributed by atoms with Gasteiger partial charge in [-0.15, -0.1) is 0 Å². The van der Waals surface area contributed by atoms with Crippen LogP contribution in [0.2, 0.25) is 0 Å². The van der Waals surface area contributed by atoms with E-state index in [9.17, 15) is 45.6 Å². The lowest BCUT2D eigenvalue weighted by Gasteiger charge is -2.45. The number of hydrogen-bond donors (Lipinski definition) is 8. The fraction of sp³-hybridized carbons (Fsp3) is 0.444. The predicted octanol–water partition coefficient (Wildman–Crippen LogP) is -1.10. The van der Waals surface area contributed by atoms with Crippen molar-refractivity contribution >= 4 is 11.0 Å². The van der Waals surface area contributed by atoms with Crippen LogP contribution in [0.15, 0.2) is 51.7 Å². The quantitative estimate of drug-likeness (QED) is 0.174. The van der Waals surface area contributed by atoms with Crippen LogP contribution in [0.3, 0.4) is 0 Å². The fourth-order valence-corrected chi connectivity index (χ4v) is 4.82. The summed E-state index contributed by atoms with van der Waals surface area (Å²) in [6.45, 7) is 0.673. The highest BCUT2D eigenvalue weighted by molar-refractivity contribution is 5.86. The van der Waals surface area contributed by atoms with Gasteiger partial charge >= 0.3 is 0 Å². The van der Waals surface area contributed by atoms with Gasteiger partial charge in [-0.25, -0.2) is 0 Å². The van der Waals surface area contributed by atoms with Gasteiger partial charge in [0.1, 0.15) is 76.7 Å². The third kappa shape index (κ3) is 5.61. The molecule has 2 saturated heterocycles. The Morgan fingerprint density at radius 2 is 1.49 bits per heavy atom. The Bertz CT molecular complexity index is 1420. The van der Waals surface area contributed by atoms with Crippen LogP contribution in [0.4, 0.5) is 0 Å². The lowest BCUT2D eigenvalue weighted by Crippen LogP contribution is -2.64. The van der Waals surface area contributed by atoms with Crippen molar-refractivity contribution in [2.75, 3.05) is 6.61 Å². The fourth-order valence-electron chi connectivity index (χ4n) is 4.82. The lowest BCUT2D eigenvalue weighted by atomic mass is 9.97. The number of aliphatic hydroxyl groups is 6. The van der Waals surface area contributed by atoms with Crippen molar-refractivity contribution < 1.29 is 64.2 Å². The summed E-state index contributed by atoms with van der Waals surface area (Å²) in [4.78, 5) is 13.1. The highest BCUT2D eigenvalue weighted by atomic mass is 16.7. The van der Waals surface area contributed by atoms with Gasteiger partial charge in [-0.05, 0) is 31.2 Å². The molecule has 222 valence electrons. The standard InChI is InChI=1S/C27H30O14/c1-10-20(32)21(33)23(35)26(37-10)41-25-18(9-28)40-27(24(36)22(25)34)39-17-7-13(30)6-16-19(17)14(31)8-15(38-16)11-2-4-12(29)5-3-11/h2-8,10,18,20-30,32-36H,9H2,1H3. The molecule has 2 fully saturated rings. The molecular formula is C27H30O14. The van der Waals surface area contributed by atoms with E-state index in [1.54, 1.807) is 0 Å². The number of fused-ring (bicyclic) bond motifs is 1. The summed E-state index contributed by atoms with van der Waals surface area (Å²) in [7, 11) is 0. The second-order valence-electron chi connectivity index (χ2n) is 9.95. The first kappa shape index (κ1) is 29.2. The number of benzene rings is 2. The molecule has 0 aliphatic carbocycles. The third-order valence-electron chi connectivity index (χ3n) is 7.09. The zero-order valence-corrected chi connectivity index (χ0v) is 21.5. The smallest absolute Gasteiger partial charge is 0.229 e. The van der Waals surface area contributed by atoms with Crippen molar-refractivity contribution in [1.29, 1.82) is 0 Å². The van der Waals surface area contributed by atoms with Crippen LogP contribution < -0.4 is 10.2 Å². The summed E-state index contributed by atoms with van der Waals surface area (Å²) in [6.07, 6.45) is -15.4. The number of hydrogen-bond acceptors (Lipinski definition) is 14. The highest BCUT2D eigenvalue weighted by Crippen LogP contribution is 2.35. The summed E-state index contributed by atoms with van der Waals surface area (Å²) in [5.74, 6) is -0.457. The van der Waals surface area contributed by atoms with Crippen molar-refractivity contribution in [2.45, 2.75) is 68.3 Å². The maximum atomic E-state index is 13.1. The van der Waals surface area contributed by atoms with Crippen LogP contribution in [-0.2, 0) is 14.2 Å². The van der Waals surface area contributed by atoms with Gasteiger partial charge in [0, 0.05) is 23.8 Å². The number of aromatic hydroxyl groups is 2. The summed E-state index contributed by atoms with van der Waals surface area (Å²) in [6, 6.07) is 9.31. The Morgan fingerprint density at radius 1 is 0.805 bits per heavy atom. The van der Waals surface area contributed by atoms with Gasteiger partial charge in [0.05, 0.1) is 12.7 Å². The molecule has 8 N–H and O–H groups in total. The maximum absolute atomic E-state index is 13.1. The van der Waals surface area contributed by atoms with E-state index in [0.29, 0.717) is 5.56 Å². The third-order valence-corrected chi connectivity index (χ3v) is 7.09. The van der Waals surface area contributed by atoms with Crippen LogP contribution >= 0.6 is 0 Å². The summed E-state index contributed by atoms with van der Waals surface area (Å²) < 4.78 is 28.1. The number of ether oxygens (including phenoxy) is 4. The van der Waals surface area contributed by atoms with E-state index in [-0.39, 0.29) is 34.0 Å². The van der Waals surface area contributed by atoms with Gasteiger partial charge < -0.3 is 64.2 Å². The van der Waals surface area contributed by atoms with Gasteiger partial charge in [-0.2, -0.15) is 0 Å². The van der Waals surface area contributed by atoms with Crippen LogP contribution in [0.5, 0.6) is 17.2 Å². The molecular weight excluding hydrogens is 548 g/mol. The first-order valence-corrected chi connectivity index (χ1v) is 12.7. The van der Waals surface area contributed by atoms with Crippen molar-refractivity contribution in [3.63, 3.8) is 0 Å².